The van der Waals surface area contributed by atoms with Crippen LogP contribution in [0.15, 0.2) is 0 Å². The Kier molecular flexibility index (Phi) is 8.86. The summed E-state index contributed by atoms with van der Waals surface area (Å²) in [6.07, 6.45) is 0.0312. The van der Waals surface area contributed by atoms with Crippen molar-refractivity contribution in [2.24, 2.45) is 0 Å². The van der Waals surface area contributed by atoms with Gasteiger partial charge in [0.15, 0.2) is 0 Å². The first kappa shape index (κ1) is 14.3. The molecule has 1 aliphatic rings. The summed E-state index contributed by atoms with van der Waals surface area (Å²) in [6.45, 7) is 4.47. The molecular weight excluding hydrogens is 164 g/mol. The number of hydrogen-bond donors (Lipinski definition) is 1. The Bertz CT molecular complexity index is 99.1. The Morgan fingerprint density at radius 2 is 1.67 bits per heavy atom. The summed E-state index contributed by atoms with van der Waals surface area (Å²) in [7, 11) is 2.71. The van der Waals surface area contributed by atoms with Gasteiger partial charge in [-0.2, -0.15) is 0 Å². The molecule has 12 heavy (non-hydrogen) atoms. The van der Waals surface area contributed by atoms with Crippen LogP contribution in [0, 0.1) is 0 Å². The van der Waals surface area contributed by atoms with Crippen LogP contribution in [0.25, 0.3) is 0 Å². The molecule has 1 N–H and O–H groups in total. The van der Waals surface area contributed by atoms with Crippen LogP contribution in [0.4, 0.5) is 8.78 Å². The Morgan fingerprint density at radius 1 is 1.25 bits per heavy atom. The van der Waals surface area contributed by atoms with Crippen molar-refractivity contribution in [2.45, 2.75) is 26.2 Å². The van der Waals surface area contributed by atoms with Gasteiger partial charge in [0.2, 0.25) is 0 Å². The molecule has 0 unspecified atom stereocenters. The lowest BCUT2D eigenvalue weighted by molar-refractivity contribution is 0.0146. The van der Waals surface area contributed by atoms with Gasteiger partial charge < -0.3 is 10.0 Å². The third kappa shape index (κ3) is 6.49. The van der Waals surface area contributed by atoms with E-state index in [1.165, 1.54) is 0 Å². The molecule has 2 nitrogen and oxygen atoms in total. The Balaban J connectivity index is 0. The van der Waals surface area contributed by atoms with Crippen LogP contribution in [0.1, 0.15) is 20.3 Å². The van der Waals surface area contributed by atoms with E-state index in [-0.39, 0.29) is 13.0 Å². The van der Waals surface area contributed by atoms with Gasteiger partial charge in [0.1, 0.15) is 0 Å². The van der Waals surface area contributed by atoms with Gasteiger partial charge in [0.05, 0.1) is 6.54 Å². The number of nitrogens with zero attached hydrogens (tertiary/aromatic N) is 1. The van der Waals surface area contributed by atoms with Crippen molar-refractivity contribution in [3.63, 3.8) is 0 Å². The van der Waals surface area contributed by atoms with Gasteiger partial charge in [-0.3, -0.25) is 0 Å². The minimum Gasteiger partial charge on any atom is -0.400 e. The molecule has 1 rings (SSSR count). The van der Waals surface area contributed by atoms with Crippen molar-refractivity contribution in [3.8, 4) is 0 Å². The third-order valence-electron chi connectivity index (χ3n) is 1.36. The quantitative estimate of drug-likeness (QED) is 0.616. The Hall–Kier alpha value is -0.220. The highest BCUT2D eigenvalue weighted by atomic mass is 19.3. The maximum absolute atomic E-state index is 12.2. The molecule has 1 saturated heterocycles. The van der Waals surface area contributed by atoms with E-state index in [2.05, 4.69) is 0 Å². The normalized spacial score (nSPS) is 20.2. The van der Waals surface area contributed by atoms with Crippen LogP contribution in [0.3, 0.4) is 0 Å². The van der Waals surface area contributed by atoms with Gasteiger partial charge in [0.25, 0.3) is 5.92 Å². The van der Waals surface area contributed by atoms with Gasteiger partial charge in [-0.1, -0.05) is 13.8 Å². The zero-order valence-corrected chi connectivity index (χ0v) is 8.27. The molecule has 0 spiro atoms. The fraction of sp³-hybridized carbons (Fsp3) is 1.00. The molecular formula is C8H19F2NO. The largest absolute Gasteiger partial charge is 0.400 e. The summed E-state index contributed by atoms with van der Waals surface area (Å²) >= 11 is 0. The molecule has 0 aromatic heterocycles. The number of hydrogen-bond acceptors (Lipinski definition) is 2. The van der Waals surface area contributed by atoms with Crippen LogP contribution < -0.4 is 0 Å². The summed E-state index contributed by atoms with van der Waals surface area (Å²) in [4.78, 5) is 1.64. The highest BCUT2D eigenvalue weighted by molar-refractivity contribution is 4.78. The number of alkyl halides is 2. The topological polar surface area (TPSA) is 23.5 Å². The number of likely N-dealkylation sites (tertiary alicyclic amines) is 1. The molecule has 0 saturated carbocycles. The van der Waals surface area contributed by atoms with Crippen molar-refractivity contribution in [3.05, 3.63) is 0 Å². The number of halogens is 2. The predicted octanol–water partition coefficient (Wildman–Crippen LogP) is 1.59. The fourth-order valence-corrected chi connectivity index (χ4v) is 0.907. The second-order valence-electron chi connectivity index (χ2n) is 2.34. The number of rotatable bonds is 0. The average Bonchev–Trinajstić information content (AvgIpc) is 2.37. The predicted molar refractivity (Wildman–Crippen MR) is 46.6 cm³/mol. The minimum absolute atomic E-state index is 0.0312. The van der Waals surface area contributed by atoms with Gasteiger partial charge in [0, 0.05) is 20.1 Å². The lowest BCUT2D eigenvalue weighted by atomic mass is 10.3. The summed E-state index contributed by atoms with van der Waals surface area (Å²) < 4.78 is 24.3. The molecule has 1 heterocycles. The molecule has 0 bridgehead atoms. The molecule has 0 atom stereocenters. The summed E-state index contributed by atoms with van der Waals surface area (Å²) in [5.41, 5.74) is 0. The minimum atomic E-state index is -2.41. The molecule has 1 fully saturated rings. The van der Waals surface area contributed by atoms with Crippen LogP contribution in [0.2, 0.25) is 0 Å². The smallest absolute Gasteiger partial charge is 0.261 e. The SMILES string of the molecule is CC.CN1CCC(F)(F)C1.CO. The highest BCUT2D eigenvalue weighted by Gasteiger charge is 2.35. The van der Waals surface area contributed by atoms with Gasteiger partial charge in [-0.15, -0.1) is 0 Å². The molecule has 0 aromatic rings. The average molecular weight is 183 g/mol. The van der Waals surface area contributed by atoms with Gasteiger partial charge in [-0.05, 0) is 7.05 Å². The molecule has 1 aliphatic heterocycles. The van der Waals surface area contributed by atoms with Crippen LogP contribution in [0.5, 0.6) is 0 Å². The Morgan fingerprint density at radius 3 is 1.75 bits per heavy atom. The maximum atomic E-state index is 12.2. The number of aliphatic hydroxyl groups is 1. The standard InChI is InChI=1S/C5H9F2N.C2H6.CH4O/c1-8-3-2-5(6,7)4-8;2*1-2/h2-4H2,1H3;1-2H3;2H,1H3. The summed E-state index contributed by atoms with van der Waals surface area (Å²) in [5.74, 6) is -2.41. The van der Waals surface area contributed by atoms with Gasteiger partial charge in [-0.25, -0.2) is 8.78 Å². The zero-order valence-electron chi connectivity index (χ0n) is 8.27. The van der Waals surface area contributed by atoms with E-state index >= 15 is 0 Å². The lowest BCUT2D eigenvalue weighted by Gasteiger charge is -2.06. The number of aliphatic hydroxyl groups excluding tert-OH is 1. The molecule has 0 aromatic carbocycles. The molecule has 76 valence electrons. The zero-order chi connectivity index (χ0) is 10.2. The maximum Gasteiger partial charge on any atom is 0.261 e. The van der Waals surface area contributed by atoms with E-state index in [0.29, 0.717) is 6.54 Å². The molecule has 0 aliphatic carbocycles. The molecule has 0 radical (unpaired) electrons. The summed E-state index contributed by atoms with van der Waals surface area (Å²) in [5, 5.41) is 7.00. The third-order valence-corrected chi connectivity index (χ3v) is 1.36. The van der Waals surface area contributed by atoms with Crippen LogP contribution in [-0.4, -0.2) is 43.2 Å². The molecule has 4 heteroatoms. The van der Waals surface area contributed by atoms with E-state index in [0.717, 1.165) is 7.11 Å². The summed E-state index contributed by atoms with van der Waals surface area (Å²) in [6, 6.07) is 0. The lowest BCUT2D eigenvalue weighted by Crippen LogP contribution is -2.21. The first-order valence-electron chi connectivity index (χ1n) is 4.11. The van der Waals surface area contributed by atoms with E-state index in [4.69, 9.17) is 5.11 Å². The molecule has 0 amide bonds. The van der Waals surface area contributed by atoms with Crippen molar-refractivity contribution in [1.29, 1.82) is 0 Å². The van der Waals surface area contributed by atoms with Crippen molar-refractivity contribution >= 4 is 0 Å². The fourth-order valence-electron chi connectivity index (χ4n) is 0.907. The Labute approximate surface area is 73.2 Å². The van der Waals surface area contributed by atoms with E-state index in [1.54, 1.807) is 11.9 Å². The highest BCUT2D eigenvalue weighted by Crippen LogP contribution is 2.24. The van der Waals surface area contributed by atoms with E-state index < -0.39 is 5.92 Å². The van der Waals surface area contributed by atoms with Crippen molar-refractivity contribution < 1.29 is 13.9 Å². The van der Waals surface area contributed by atoms with Crippen LogP contribution in [-0.2, 0) is 0 Å². The second kappa shape index (κ2) is 7.43. The van der Waals surface area contributed by atoms with Crippen LogP contribution >= 0.6 is 0 Å². The van der Waals surface area contributed by atoms with E-state index in [9.17, 15) is 8.78 Å². The first-order valence-corrected chi connectivity index (χ1v) is 4.11. The van der Waals surface area contributed by atoms with Crippen molar-refractivity contribution in [1.82, 2.24) is 4.90 Å². The van der Waals surface area contributed by atoms with Gasteiger partial charge >= 0.3 is 0 Å². The second-order valence-corrected chi connectivity index (χ2v) is 2.34. The van der Waals surface area contributed by atoms with E-state index in [1.807, 2.05) is 13.8 Å². The first-order chi connectivity index (χ1) is 5.60. The van der Waals surface area contributed by atoms with Crippen molar-refractivity contribution in [2.75, 3.05) is 27.2 Å². The monoisotopic (exact) mass is 183 g/mol.